The maximum absolute atomic E-state index is 10.2. The maximum atomic E-state index is 10.2. The van der Waals surface area contributed by atoms with Crippen molar-refractivity contribution in [3.8, 4) is 0 Å². The zero-order valence-electron chi connectivity index (χ0n) is 6.11. The molecule has 0 rings (SSSR count). The molecule has 0 aromatic rings. The molecule has 60 valence electrons. The van der Waals surface area contributed by atoms with Gasteiger partial charge in [-0.15, -0.1) is 0 Å². The third-order valence-electron chi connectivity index (χ3n) is 1.44. The van der Waals surface area contributed by atoms with Crippen molar-refractivity contribution < 1.29 is 15.0 Å². The molecule has 0 radical (unpaired) electrons. The number of aliphatic carboxylic acids is 1. The topological polar surface area (TPSA) is 83.5 Å². The van der Waals surface area contributed by atoms with Gasteiger partial charge < -0.3 is 15.9 Å². The van der Waals surface area contributed by atoms with E-state index in [1.165, 1.54) is 6.92 Å². The van der Waals surface area contributed by atoms with Gasteiger partial charge in [0, 0.05) is 6.04 Å². The minimum atomic E-state index is -1.02. The molecule has 0 aliphatic heterocycles. The summed E-state index contributed by atoms with van der Waals surface area (Å²) in [5, 5.41) is 17.4. The molecular formula is C6H13NO3. The number of aliphatic hydroxyl groups excluding tert-OH is 1. The minimum absolute atomic E-state index is 0.494. The summed E-state index contributed by atoms with van der Waals surface area (Å²) in [6.45, 7) is 3.00. The Balaban J connectivity index is 3.94. The van der Waals surface area contributed by atoms with Gasteiger partial charge in [0.05, 0.1) is 12.0 Å². The van der Waals surface area contributed by atoms with Crippen molar-refractivity contribution in [2.24, 2.45) is 11.7 Å². The van der Waals surface area contributed by atoms with E-state index in [1.807, 2.05) is 0 Å². The Morgan fingerprint density at radius 2 is 1.90 bits per heavy atom. The van der Waals surface area contributed by atoms with E-state index in [9.17, 15) is 4.79 Å². The van der Waals surface area contributed by atoms with Crippen molar-refractivity contribution in [3.05, 3.63) is 0 Å². The van der Waals surface area contributed by atoms with Gasteiger partial charge in [-0.2, -0.15) is 0 Å². The average Bonchev–Trinajstić information content (AvgIpc) is 1.84. The number of nitrogens with two attached hydrogens (primary N) is 1. The number of rotatable bonds is 3. The fourth-order valence-corrected chi connectivity index (χ4v) is 0.601. The molecule has 3 atom stereocenters. The fraction of sp³-hybridized carbons (Fsp3) is 0.833. The molecule has 0 aliphatic rings. The van der Waals surface area contributed by atoms with Gasteiger partial charge in [-0.25, -0.2) is 0 Å². The predicted octanol–water partition coefficient (Wildman–Crippen LogP) is -0.585. The Bertz CT molecular complexity index is 124. The van der Waals surface area contributed by atoms with Gasteiger partial charge in [-0.05, 0) is 13.8 Å². The highest BCUT2D eigenvalue weighted by Gasteiger charge is 2.23. The van der Waals surface area contributed by atoms with Gasteiger partial charge in [-0.1, -0.05) is 0 Å². The molecule has 0 saturated heterocycles. The van der Waals surface area contributed by atoms with E-state index in [2.05, 4.69) is 0 Å². The third-order valence-corrected chi connectivity index (χ3v) is 1.44. The van der Waals surface area contributed by atoms with Crippen LogP contribution < -0.4 is 5.73 Å². The van der Waals surface area contributed by atoms with Gasteiger partial charge in [0.1, 0.15) is 0 Å². The fourth-order valence-electron chi connectivity index (χ4n) is 0.601. The van der Waals surface area contributed by atoms with Crippen LogP contribution in [0.25, 0.3) is 0 Å². The molecule has 0 heterocycles. The largest absolute Gasteiger partial charge is 0.481 e. The third kappa shape index (κ3) is 2.33. The Hall–Kier alpha value is -0.610. The van der Waals surface area contributed by atoms with Crippen LogP contribution in [0.3, 0.4) is 0 Å². The van der Waals surface area contributed by atoms with Crippen LogP contribution in [0.1, 0.15) is 13.8 Å². The van der Waals surface area contributed by atoms with E-state index < -0.39 is 24.0 Å². The van der Waals surface area contributed by atoms with Crippen molar-refractivity contribution in [3.63, 3.8) is 0 Å². The molecule has 4 heteroatoms. The number of carbonyl (C=O) groups is 1. The maximum Gasteiger partial charge on any atom is 0.308 e. The highest BCUT2D eigenvalue weighted by Crippen LogP contribution is 2.05. The van der Waals surface area contributed by atoms with Crippen LogP contribution in [0.2, 0.25) is 0 Å². The van der Waals surface area contributed by atoms with Crippen molar-refractivity contribution >= 4 is 5.97 Å². The molecule has 0 unspecified atom stereocenters. The van der Waals surface area contributed by atoms with Crippen molar-refractivity contribution in [2.45, 2.75) is 26.0 Å². The summed E-state index contributed by atoms with van der Waals surface area (Å²) in [6.07, 6.45) is -0.961. The van der Waals surface area contributed by atoms with Gasteiger partial charge in [0.25, 0.3) is 0 Å². The first-order chi connectivity index (χ1) is 4.46. The predicted molar refractivity (Wildman–Crippen MR) is 36.5 cm³/mol. The summed E-state index contributed by atoms with van der Waals surface area (Å²) in [7, 11) is 0. The molecule has 0 spiro atoms. The summed E-state index contributed by atoms with van der Waals surface area (Å²) >= 11 is 0. The Morgan fingerprint density at radius 1 is 1.50 bits per heavy atom. The van der Waals surface area contributed by atoms with E-state index in [4.69, 9.17) is 15.9 Å². The van der Waals surface area contributed by atoms with Crippen molar-refractivity contribution in [1.29, 1.82) is 0 Å². The highest BCUT2D eigenvalue weighted by molar-refractivity contribution is 5.70. The number of hydrogen-bond donors (Lipinski definition) is 3. The second-order valence-electron chi connectivity index (χ2n) is 2.48. The summed E-state index contributed by atoms with van der Waals surface area (Å²) in [6, 6.07) is -0.494. The number of aliphatic hydroxyl groups is 1. The monoisotopic (exact) mass is 147 g/mol. The van der Waals surface area contributed by atoms with Crippen molar-refractivity contribution in [2.75, 3.05) is 0 Å². The smallest absolute Gasteiger partial charge is 0.308 e. The van der Waals surface area contributed by atoms with Crippen LogP contribution in [0.4, 0.5) is 0 Å². The summed E-state index contributed by atoms with van der Waals surface area (Å²) in [5.41, 5.74) is 5.26. The first-order valence-corrected chi connectivity index (χ1v) is 3.13. The van der Waals surface area contributed by atoms with Crippen LogP contribution >= 0.6 is 0 Å². The van der Waals surface area contributed by atoms with E-state index in [0.717, 1.165) is 0 Å². The van der Waals surface area contributed by atoms with Gasteiger partial charge >= 0.3 is 5.97 Å². The van der Waals surface area contributed by atoms with E-state index in [0.29, 0.717) is 0 Å². The normalized spacial score (nSPS) is 19.6. The first-order valence-electron chi connectivity index (χ1n) is 3.13. The molecule has 0 aliphatic carbocycles. The lowest BCUT2D eigenvalue weighted by atomic mass is 10.0. The van der Waals surface area contributed by atoms with Crippen LogP contribution in [0.5, 0.6) is 0 Å². The quantitative estimate of drug-likeness (QED) is 0.498. The second kappa shape index (κ2) is 3.53. The summed E-state index contributed by atoms with van der Waals surface area (Å²) in [4.78, 5) is 10.2. The molecule has 0 aromatic carbocycles. The first kappa shape index (κ1) is 9.39. The zero-order valence-corrected chi connectivity index (χ0v) is 6.11. The lowest BCUT2D eigenvalue weighted by molar-refractivity contribution is -0.145. The number of carboxylic acid groups (broad SMARTS) is 1. The van der Waals surface area contributed by atoms with Gasteiger partial charge in [-0.3, -0.25) is 4.79 Å². The molecular weight excluding hydrogens is 134 g/mol. The Morgan fingerprint density at radius 3 is 2.00 bits per heavy atom. The Kier molecular flexibility index (Phi) is 3.32. The highest BCUT2D eigenvalue weighted by atomic mass is 16.4. The molecule has 0 bridgehead atoms. The van der Waals surface area contributed by atoms with E-state index >= 15 is 0 Å². The van der Waals surface area contributed by atoms with Crippen LogP contribution in [0.15, 0.2) is 0 Å². The number of hydrogen-bond acceptors (Lipinski definition) is 3. The van der Waals surface area contributed by atoms with Gasteiger partial charge in [0.2, 0.25) is 0 Å². The molecule has 4 N–H and O–H groups in total. The minimum Gasteiger partial charge on any atom is -0.481 e. The standard InChI is InChI=1S/C6H13NO3/c1-3(6(9)10)5(8)4(2)7/h3-5,8H,7H2,1-2H3,(H,9,10)/t3-,4+,5-/m1/s1. The van der Waals surface area contributed by atoms with Crippen molar-refractivity contribution in [1.82, 2.24) is 0 Å². The summed E-state index contributed by atoms with van der Waals surface area (Å²) < 4.78 is 0. The average molecular weight is 147 g/mol. The number of carboxylic acids is 1. The zero-order chi connectivity index (χ0) is 8.31. The molecule has 10 heavy (non-hydrogen) atoms. The van der Waals surface area contributed by atoms with E-state index in [1.54, 1.807) is 6.92 Å². The van der Waals surface area contributed by atoms with Crippen LogP contribution in [-0.2, 0) is 4.79 Å². The summed E-state index contributed by atoms with van der Waals surface area (Å²) in [5.74, 6) is -1.81. The molecule has 0 aromatic heterocycles. The lowest BCUT2D eigenvalue weighted by Crippen LogP contribution is -2.39. The van der Waals surface area contributed by atoms with Crippen LogP contribution in [-0.4, -0.2) is 28.3 Å². The molecule has 4 nitrogen and oxygen atoms in total. The second-order valence-corrected chi connectivity index (χ2v) is 2.48. The SMILES string of the molecule is C[C@H](N)[C@H](O)[C@@H](C)C(=O)O. The Labute approximate surface area is 59.7 Å². The van der Waals surface area contributed by atoms with Crippen LogP contribution in [0, 0.1) is 5.92 Å². The molecule has 0 fully saturated rings. The lowest BCUT2D eigenvalue weighted by Gasteiger charge is -2.17. The molecule has 0 saturated carbocycles. The van der Waals surface area contributed by atoms with Gasteiger partial charge in [0.15, 0.2) is 0 Å². The van der Waals surface area contributed by atoms with E-state index in [-0.39, 0.29) is 0 Å². The molecule has 0 amide bonds.